The molecule has 4 heteroatoms. The van der Waals surface area contributed by atoms with Crippen LogP contribution in [0, 0.1) is 5.92 Å². The lowest BCUT2D eigenvalue weighted by molar-refractivity contribution is 0.300. The van der Waals surface area contributed by atoms with Crippen molar-refractivity contribution >= 4 is 11.6 Å². The highest BCUT2D eigenvalue weighted by molar-refractivity contribution is 6.32. The minimum atomic E-state index is 0.461. The van der Waals surface area contributed by atoms with Crippen LogP contribution in [-0.2, 0) is 13.0 Å². The van der Waals surface area contributed by atoms with Crippen LogP contribution in [0.5, 0.6) is 5.75 Å². The Balaban J connectivity index is 1.36. The summed E-state index contributed by atoms with van der Waals surface area (Å²) in [7, 11) is 0. The summed E-state index contributed by atoms with van der Waals surface area (Å²) >= 11 is 6.38. The smallest absolute Gasteiger partial charge is 0.138 e. The molecule has 0 unspecified atom stereocenters. The molecule has 0 radical (unpaired) electrons. The molecule has 3 nitrogen and oxygen atoms in total. The van der Waals surface area contributed by atoms with Crippen LogP contribution in [-0.4, -0.2) is 18.1 Å². The Morgan fingerprint density at radius 3 is 2.60 bits per heavy atom. The molecule has 1 aliphatic heterocycles. The van der Waals surface area contributed by atoms with Crippen molar-refractivity contribution in [3.8, 4) is 5.75 Å². The molecule has 1 aromatic heterocycles. The number of benzene rings is 1. The van der Waals surface area contributed by atoms with Crippen molar-refractivity contribution in [2.75, 3.05) is 13.1 Å². The van der Waals surface area contributed by atoms with Crippen LogP contribution >= 0.6 is 11.6 Å². The number of ether oxygens (including phenoxy) is 1. The molecule has 2 heterocycles. The largest absolute Gasteiger partial charge is 0.486 e. The third-order valence-electron chi connectivity index (χ3n) is 5.20. The average Bonchev–Trinajstić information content (AvgIpc) is 3.47. The standard InChI is InChI=1S/C21H25ClN2O/c22-20-13-17(16-4-5-16)6-7-21(20)25-14-19-3-1-2-18(24-19)12-15-8-10-23-11-9-15/h1-3,6-7,13,15-16,23H,4-5,8-12,14H2. The van der Waals surface area contributed by atoms with Gasteiger partial charge < -0.3 is 10.1 Å². The van der Waals surface area contributed by atoms with Crippen LogP contribution in [0.15, 0.2) is 36.4 Å². The van der Waals surface area contributed by atoms with Crippen molar-refractivity contribution < 1.29 is 4.74 Å². The highest BCUT2D eigenvalue weighted by atomic mass is 35.5. The number of nitrogens with one attached hydrogen (secondary N) is 1. The first-order valence-corrected chi connectivity index (χ1v) is 9.73. The van der Waals surface area contributed by atoms with Gasteiger partial charge in [0, 0.05) is 5.69 Å². The van der Waals surface area contributed by atoms with E-state index < -0.39 is 0 Å². The first-order valence-electron chi connectivity index (χ1n) is 9.36. The zero-order valence-electron chi connectivity index (χ0n) is 14.5. The fourth-order valence-electron chi connectivity index (χ4n) is 3.56. The van der Waals surface area contributed by atoms with Gasteiger partial charge in [-0.1, -0.05) is 23.7 Å². The number of hydrogen-bond acceptors (Lipinski definition) is 3. The van der Waals surface area contributed by atoms with Gasteiger partial charge in [0.25, 0.3) is 0 Å². The third kappa shape index (κ3) is 4.53. The number of hydrogen-bond donors (Lipinski definition) is 1. The minimum Gasteiger partial charge on any atom is -0.486 e. The van der Waals surface area contributed by atoms with Gasteiger partial charge in [-0.05, 0) is 86.9 Å². The zero-order chi connectivity index (χ0) is 17.1. The minimum absolute atomic E-state index is 0.461. The molecule has 4 rings (SSSR count). The molecule has 0 amide bonds. The summed E-state index contributed by atoms with van der Waals surface area (Å²) in [6.45, 7) is 2.72. The first kappa shape index (κ1) is 16.9. The number of rotatable bonds is 6. The van der Waals surface area contributed by atoms with Gasteiger partial charge >= 0.3 is 0 Å². The molecular weight excluding hydrogens is 332 g/mol. The summed E-state index contributed by atoms with van der Waals surface area (Å²) in [5.74, 6) is 2.20. The molecule has 2 fully saturated rings. The van der Waals surface area contributed by atoms with E-state index in [4.69, 9.17) is 21.3 Å². The van der Waals surface area contributed by atoms with E-state index in [1.54, 1.807) is 0 Å². The summed E-state index contributed by atoms with van der Waals surface area (Å²) in [6, 6.07) is 12.4. The van der Waals surface area contributed by atoms with Crippen molar-refractivity contribution in [2.45, 2.75) is 44.6 Å². The quantitative estimate of drug-likeness (QED) is 0.812. The maximum absolute atomic E-state index is 6.38. The Bertz CT molecular complexity index is 724. The Morgan fingerprint density at radius 1 is 1.04 bits per heavy atom. The van der Waals surface area contributed by atoms with Gasteiger partial charge in [-0.15, -0.1) is 0 Å². The zero-order valence-corrected chi connectivity index (χ0v) is 15.3. The Kier molecular flexibility index (Phi) is 5.23. The lowest BCUT2D eigenvalue weighted by atomic mass is 9.93. The predicted molar refractivity (Wildman–Crippen MR) is 101 cm³/mol. The van der Waals surface area contributed by atoms with E-state index in [1.165, 1.54) is 36.9 Å². The van der Waals surface area contributed by atoms with Crippen LogP contribution in [0.4, 0.5) is 0 Å². The molecule has 25 heavy (non-hydrogen) atoms. The molecule has 0 bridgehead atoms. The van der Waals surface area contributed by atoms with E-state index in [-0.39, 0.29) is 0 Å². The van der Waals surface area contributed by atoms with Crippen LogP contribution in [0.25, 0.3) is 0 Å². The van der Waals surface area contributed by atoms with Crippen molar-refractivity contribution in [2.24, 2.45) is 5.92 Å². The normalized spacial score (nSPS) is 18.3. The summed E-state index contributed by atoms with van der Waals surface area (Å²) in [4.78, 5) is 4.78. The van der Waals surface area contributed by atoms with Gasteiger partial charge in [0.1, 0.15) is 12.4 Å². The maximum atomic E-state index is 6.38. The van der Waals surface area contributed by atoms with Crippen molar-refractivity contribution in [1.82, 2.24) is 10.3 Å². The molecule has 0 spiro atoms. The second-order valence-corrected chi connectivity index (χ2v) is 7.68. The number of piperidine rings is 1. The second-order valence-electron chi connectivity index (χ2n) is 7.27. The van der Waals surface area contributed by atoms with Gasteiger partial charge in [0.2, 0.25) is 0 Å². The fourth-order valence-corrected chi connectivity index (χ4v) is 3.80. The molecule has 1 aliphatic carbocycles. The monoisotopic (exact) mass is 356 g/mol. The number of nitrogens with zero attached hydrogens (tertiary/aromatic N) is 1. The molecule has 0 atom stereocenters. The van der Waals surface area contributed by atoms with Gasteiger partial charge in [0.05, 0.1) is 10.7 Å². The SMILES string of the molecule is Clc1cc(C2CC2)ccc1OCc1cccc(CC2CCNCC2)n1. The van der Waals surface area contributed by atoms with E-state index in [0.717, 1.165) is 36.9 Å². The first-order chi connectivity index (χ1) is 12.3. The molecule has 2 aliphatic rings. The fraction of sp³-hybridized carbons (Fsp3) is 0.476. The Labute approximate surface area is 154 Å². The van der Waals surface area contributed by atoms with Crippen LogP contribution in [0.1, 0.15) is 48.6 Å². The van der Waals surface area contributed by atoms with Gasteiger partial charge in [0.15, 0.2) is 0 Å². The molecule has 2 aromatic rings. The predicted octanol–water partition coefficient (Wildman–Crippen LogP) is 4.73. The highest BCUT2D eigenvalue weighted by Crippen LogP contribution is 2.42. The number of halogens is 1. The number of pyridine rings is 1. The molecule has 1 saturated heterocycles. The molecular formula is C21H25ClN2O. The van der Waals surface area contributed by atoms with E-state index >= 15 is 0 Å². The number of aromatic nitrogens is 1. The lowest BCUT2D eigenvalue weighted by Crippen LogP contribution is -2.28. The van der Waals surface area contributed by atoms with Crippen molar-refractivity contribution in [3.63, 3.8) is 0 Å². The van der Waals surface area contributed by atoms with Gasteiger partial charge in [-0.2, -0.15) is 0 Å². The average molecular weight is 357 g/mol. The van der Waals surface area contributed by atoms with Crippen LogP contribution in [0.3, 0.4) is 0 Å². The van der Waals surface area contributed by atoms with E-state index in [9.17, 15) is 0 Å². The maximum Gasteiger partial charge on any atom is 0.138 e. The van der Waals surface area contributed by atoms with E-state index in [2.05, 4.69) is 29.6 Å². The highest BCUT2D eigenvalue weighted by Gasteiger charge is 2.24. The molecule has 1 N–H and O–H groups in total. The molecule has 1 saturated carbocycles. The van der Waals surface area contributed by atoms with Crippen LogP contribution in [0.2, 0.25) is 5.02 Å². The third-order valence-corrected chi connectivity index (χ3v) is 5.50. The topological polar surface area (TPSA) is 34.1 Å². The van der Waals surface area contributed by atoms with Crippen molar-refractivity contribution in [1.29, 1.82) is 0 Å². The van der Waals surface area contributed by atoms with Crippen LogP contribution < -0.4 is 10.1 Å². The van der Waals surface area contributed by atoms with Gasteiger partial charge in [-0.3, -0.25) is 4.98 Å². The summed E-state index contributed by atoms with van der Waals surface area (Å²) in [5, 5.41) is 4.12. The van der Waals surface area contributed by atoms with Crippen molar-refractivity contribution in [3.05, 3.63) is 58.4 Å². The Hall–Kier alpha value is -1.58. The Morgan fingerprint density at radius 2 is 1.84 bits per heavy atom. The van der Waals surface area contributed by atoms with E-state index in [1.807, 2.05) is 12.1 Å². The summed E-state index contributed by atoms with van der Waals surface area (Å²) in [6.07, 6.45) is 6.11. The summed E-state index contributed by atoms with van der Waals surface area (Å²) in [5.41, 5.74) is 3.47. The summed E-state index contributed by atoms with van der Waals surface area (Å²) < 4.78 is 5.92. The van der Waals surface area contributed by atoms with Gasteiger partial charge in [-0.25, -0.2) is 0 Å². The lowest BCUT2D eigenvalue weighted by Gasteiger charge is -2.22. The second kappa shape index (κ2) is 7.76. The van der Waals surface area contributed by atoms with E-state index in [0.29, 0.717) is 17.5 Å². The molecule has 1 aromatic carbocycles. The molecule has 132 valence electrons.